The van der Waals surface area contributed by atoms with Crippen LogP contribution < -0.4 is 10.0 Å². The maximum absolute atomic E-state index is 13.8. The van der Waals surface area contributed by atoms with E-state index in [1.54, 1.807) is 33.0 Å². The van der Waals surface area contributed by atoms with Crippen LogP contribution in [0, 0.1) is 11.6 Å². The van der Waals surface area contributed by atoms with E-state index < -0.39 is 32.6 Å². The maximum atomic E-state index is 13.8. The zero-order valence-corrected chi connectivity index (χ0v) is 13.4. The molecule has 1 rings (SSSR count). The maximum Gasteiger partial charge on any atom is 0.243 e. The van der Waals surface area contributed by atoms with Gasteiger partial charge in [0.1, 0.15) is 4.90 Å². The van der Waals surface area contributed by atoms with Crippen molar-refractivity contribution in [3.63, 3.8) is 0 Å². The van der Waals surface area contributed by atoms with Crippen molar-refractivity contribution < 1.29 is 17.2 Å². The lowest BCUT2D eigenvalue weighted by Gasteiger charge is -2.19. The van der Waals surface area contributed by atoms with Crippen LogP contribution in [-0.2, 0) is 16.6 Å². The summed E-state index contributed by atoms with van der Waals surface area (Å²) in [6.07, 6.45) is 0. The molecule has 0 fully saturated rings. The summed E-state index contributed by atoms with van der Waals surface area (Å²) in [6, 6.07) is 1.69. The van der Waals surface area contributed by atoms with Crippen LogP contribution in [0.15, 0.2) is 17.0 Å². The highest BCUT2D eigenvalue weighted by Gasteiger charge is 2.24. The molecule has 0 saturated carbocycles. The highest BCUT2D eigenvalue weighted by Crippen LogP contribution is 2.20. The van der Waals surface area contributed by atoms with Gasteiger partial charge in [-0.05, 0) is 45.8 Å². The van der Waals surface area contributed by atoms with Gasteiger partial charge in [0, 0.05) is 19.1 Å². The summed E-state index contributed by atoms with van der Waals surface area (Å²) in [5, 5.41) is 2.77. The Morgan fingerprint density at radius 2 is 1.90 bits per heavy atom. The van der Waals surface area contributed by atoms with Gasteiger partial charge in [-0.2, -0.15) is 0 Å². The van der Waals surface area contributed by atoms with Crippen LogP contribution in [0.4, 0.5) is 8.78 Å². The minimum atomic E-state index is -4.12. The van der Waals surface area contributed by atoms with Gasteiger partial charge in [0.05, 0.1) is 0 Å². The first-order chi connectivity index (χ1) is 9.67. The van der Waals surface area contributed by atoms with E-state index in [0.29, 0.717) is 12.1 Å². The van der Waals surface area contributed by atoms with Crippen molar-refractivity contribution in [1.29, 1.82) is 0 Å². The predicted octanol–water partition coefficient (Wildman–Crippen LogP) is 0.913. The Kier molecular flexibility index (Phi) is 6.21. The first kappa shape index (κ1) is 18.0. The number of nitrogens with one attached hydrogen (secondary N) is 2. The summed E-state index contributed by atoms with van der Waals surface area (Å²) >= 11 is 0. The summed E-state index contributed by atoms with van der Waals surface area (Å²) in [4.78, 5) is 1.13. The van der Waals surface area contributed by atoms with Crippen LogP contribution >= 0.6 is 0 Å². The van der Waals surface area contributed by atoms with Gasteiger partial charge < -0.3 is 10.2 Å². The molecular weight excluding hydrogens is 300 g/mol. The molecule has 0 aromatic heterocycles. The van der Waals surface area contributed by atoms with Crippen molar-refractivity contribution in [1.82, 2.24) is 14.9 Å². The largest absolute Gasteiger partial charge is 0.316 e. The highest BCUT2D eigenvalue weighted by molar-refractivity contribution is 7.89. The highest BCUT2D eigenvalue weighted by atomic mass is 32.2. The molecule has 0 spiro atoms. The molecule has 0 aliphatic carbocycles. The minimum absolute atomic E-state index is 0.243. The zero-order valence-electron chi connectivity index (χ0n) is 12.6. The molecule has 1 unspecified atom stereocenters. The number of sulfonamides is 1. The zero-order chi connectivity index (χ0) is 16.2. The first-order valence-corrected chi connectivity index (χ1v) is 7.95. The fraction of sp³-hybridized carbons (Fsp3) is 0.538. The third-order valence-corrected chi connectivity index (χ3v) is 4.31. The van der Waals surface area contributed by atoms with Gasteiger partial charge >= 0.3 is 0 Å². The van der Waals surface area contributed by atoms with Gasteiger partial charge in [-0.25, -0.2) is 21.9 Å². The quantitative estimate of drug-likeness (QED) is 0.784. The molecule has 1 aromatic carbocycles. The molecule has 0 amide bonds. The van der Waals surface area contributed by atoms with Crippen molar-refractivity contribution in [2.75, 3.05) is 27.7 Å². The summed E-state index contributed by atoms with van der Waals surface area (Å²) in [5.74, 6) is -2.54. The Bertz CT molecular complexity index is 591. The monoisotopic (exact) mass is 321 g/mol. The Balaban J connectivity index is 3.12. The number of rotatable bonds is 7. The van der Waals surface area contributed by atoms with E-state index in [9.17, 15) is 17.2 Å². The molecule has 2 N–H and O–H groups in total. The summed E-state index contributed by atoms with van der Waals surface area (Å²) in [7, 11) is 1.09. The average molecular weight is 321 g/mol. The van der Waals surface area contributed by atoms with E-state index in [0.717, 1.165) is 12.1 Å². The second kappa shape index (κ2) is 7.26. The summed E-state index contributed by atoms with van der Waals surface area (Å²) < 4.78 is 54.1. The lowest BCUT2D eigenvalue weighted by Crippen LogP contribution is -2.39. The molecular formula is C13H21F2N3O2S. The molecule has 0 aliphatic rings. The van der Waals surface area contributed by atoms with Crippen molar-refractivity contribution in [3.05, 3.63) is 29.3 Å². The molecule has 1 aromatic rings. The first-order valence-electron chi connectivity index (χ1n) is 6.47. The average Bonchev–Trinajstić information content (AvgIpc) is 2.31. The number of nitrogens with zero attached hydrogens (tertiary/aromatic N) is 1. The van der Waals surface area contributed by atoms with Crippen molar-refractivity contribution in [2.45, 2.75) is 24.4 Å². The lowest BCUT2D eigenvalue weighted by molar-refractivity contribution is 0.370. The van der Waals surface area contributed by atoms with Crippen LogP contribution in [0.25, 0.3) is 0 Å². The van der Waals surface area contributed by atoms with Crippen molar-refractivity contribution in [2.24, 2.45) is 0 Å². The topological polar surface area (TPSA) is 61.4 Å². The predicted molar refractivity (Wildman–Crippen MR) is 77.5 cm³/mol. The molecule has 8 heteroatoms. The number of hydrogen-bond acceptors (Lipinski definition) is 4. The number of benzene rings is 1. The smallest absolute Gasteiger partial charge is 0.243 e. The van der Waals surface area contributed by atoms with Gasteiger partial charge in [0.15, 0.2) is 11.6 Å². The van der Waals surface area contributed by atoms with Gasteiger partial charge in [-0.15, -0.1) is 0 Å². The Morgan fingerprint density at radius 3 is 2.43 bits per heavy atom. The van der Waals surface area contributed by atoms with Gasteiger partial charge in [0.2, 0.25) is 10.0 Å². The Hall–Kier alpha value is -1.09. The Morgan fingerprint density at radius 1 is 1.29 bits per heavy atom. The van der Waals surface area contributed by atoms with E-state index in [2.05, 4.69) is 10.0 Å². The normalized spacial score (nSPS) is 13.7. The summed E-state index contributed by atoms with van der Waals surface area (Å²) in [5.41, 5.74) is 0.358. The molecule has 0 bridgehead atoms. The van der Waals surface area contributed by atoms with E-state index in [-0.39, 0.29) is 6.54 Å². The SMILES string of the molecule is CNCc1cc(F)c(F)c(S(=O)(=O)NC(C)CN(C)C)c1. The van der Waals surface area contributed by atoms with Gasteiger partial charge in [-0.1, -0.05) is 0 Å². The molecule has 120 valence electrons. The van der Waals surface area contributed by atoms with Crippen LogP contribution in [0.5, 0.6) is 0 Å². The van der Waals surface area contributed by atoms with Crippen molar-refractivity contribution >= 4 is 10.0 Å². The van der Waals surface area contributed by atoms with Crippen LogP contribution in [0.3, 0.4) is 0 Å². The van der Waals surface area contributed by atoms with E-state index in [4.69, 9.17) is 0 Å². The molecule has 0 saturated heterocycles. The van der Waals surface area contributed by atoms with Crippen molar-refractivity contribution in [3.8, 4) is 0 Å². The lowest BCUT2D eigenvalue weighted by atomic mass is 10.2. The Labute approximate surface area is 124 Å². The summed E-state index contributed by atoms with van der Waals surface area (Å²) in [6.45, 7) is 2.34. The number of halogens is 2. The standard InChI is InChI=1S/C13H21F2N3O2S/c1-9(8-18(3)4)17-21(19,20)12-6-10(7-16-2)5-11(14)13(12)15/h5-6,9,16-17H,7-8H2,1-4H3. The third kappa shape index (κ3) is 4.99. The van der Waals surface area contributed by atoms with Gasteiger partial charge in [0.25, 0.3) is 0 Å². The fourth-order valence-corrected chi connectivity index (χ4v) is 3.40. The molecule has 0 aliphatic heterocycles. The molecule has 21 heavy (non-hydrogen) atoms. The van der Waals surface area contributed by atoms with Crippen LogP contribution in [-0.4, -0.2) is 47.0 Å². The molecule has 0 heterocycles. The van der Waals surface area contributed by atoms with Gasteiger partial charge in [-0.3, -0.25) is 0 Å². The minimum Gasteiger partial charge on any atom is -0.316 e. The molecule has 1 atom stereocenters. The second-order valence-electron chi connectivity index (χ2n) is 5.20. The molecule has 5 nitrogen and oxygen atoms in total. The molecule has 0 radical (unpaired) electrons. The van der Waals surface area contributed by atoms with Crippen LogP contribution in [0.1, 0.15) is 12.5 Å². The third-order valence-electron chi connectivity index (χ3n) is 2.72. The number of hydrogen-bond donors (Lipinski definition) is 2. The van der Waals surface area contributed by atoms with Crippen LogP contribution in [0.2, 0.25) is 0 Å². The number of likely N-dealkylation sites (N-methyl/N-ethyl adjacent to an activating group) is 1. The van der Waals surface area contributed by atoms with E-state index >= 15 is 0 Å². The second-order valence-corrected chi connectivity index (χ2v) is 6.89. The van der Waals surface area contributed by atoms with E-state index in [1.165, 1.54) is 0 Å². The fourth-order valence-electron chi connectivity index (χ4n) is 2.03. The van der Waals surface area contributed by atoms with E-state index in [1.807, 2.05) is 0 Å².